The highest BCUT2D eigenvalue weighted by Crippen LogP contribution is 2.16. The van der Waals surface area contributed by atoms with E-state index in [4.69, 9.17) is 11.6 Å². The molecule has 2 N–H and O–H groups in total. The fourth-order valence-electron chi connectivity index (χ4n) is 2.53. The molecule has 0 spiro atoms. The van der Waals surface area contributed by atoms with Gasteiger partial charge in [-0.05, 0) is 49.1 Å². The third-order valence-electron chi connectivity index (χ3n) is 4.20. The maximum absolute atomic E-state index is 12.1. The van der Waals surface area contributed by atoms with Gasteiger partial charge in [0.25, 0.3) is 0 Å². The van der Waals surface area contributed by atoms with Crippen molar-refractivity contribution in [3.05, 3.63) is 70.2 Å². The summed E-state index contributed by atoms with van der Waals surface area (Å²) in [5.41, 5.74) is 3.53. The molecule has 0 saturated heterocycles. The molecule has 0 heterocycles. The second kappa shape index (κ2) is 8.86. The van der Waals surface area contributed by atoms with E-state index >= 15 is 0 Å². The van der Waals surface area contributed by atoms with Crippen molar-refractivity contribution in [3.8, 4) is 0 Å². The summed E-state index contributed by atoms with van der Waals surface area (Å²) in [4.78, 5) is 12.1. The quantitative estimate of drug-likeness (QED) is 0.780. The summed E-state index contributed by atoms with van der Waals surface area (Å²) < 4.78 is 0. The number of nitrogens with one attached hydrogen (secondary N) is 2. The lowest BCUT2D eigenvalue weighted by Crippen LogP contribution is -2.36. The highest BCUT2D eigenvalue weighted by Gasteiger charge is 2.11. The lowest BCUT2D eigenvalue weighted by atomic mass is 10.0. The fraction of sp³-hybridized carbons (Fsp3) is 0.350. The molecule has 2 aromatic carbocycles. The van der Waals surface area contributed by atoms with Gasteiger partial charge in [0.2, 0.25) is 5.91 Å². The molecule has 1 amide bonds. The Hall–Kier alpha value is -1.84. The van der Waals surface area contributed by atoms with Crippen molar-refractivity contribution in [2.45, 2.75) is 39.3 Å². The molecule has 0 aliphatic carbocycles. The molecule has 4 heteroatoms. The van der Waals surface area contributed by atoms with Crippen LogP contribution in [0.2, 0.25) is 5.02 Å². The van der Waals surface area contributed by atoms with Crippen LogP contribution in [0.1, 0.15) is 49.5 Å². The molecule has 0 radical (unpaired) electrons. The van der Waals surface area contributed by atoms with Crippen LogP contribution in [0.15, 0.2) is 48.5 Å². The van der Waals surface area contributed by atoms with Crippen molar-refractivity contribution in [2.75, 3.05) is 6.54 Å². The van der Waals surface area contributed by atoms with Crippen LogP contribution in [0.25, 0.3) is 0 Å². The molecule has 0 aromatic heterocycles. The first-order chi connectivity index (χ1) is 11.5. The molecule has 24 heavy (non-hydrogen) atoms. The molecule has 128 valence electrons. The molecule has 2 aromatic rings. The number of rotatable bonds is 7. The zero-order valence-corrected chi connectivity index (χ0v) is 15.2. The molecule has 0 bridgehead atoms. The smallest absolute Gasteiger partial charge is 0.234 e. The van der Waals surface area contributed by atoms with E-state index in [0.717, 1.165) is 17.5 Å². The van der Waals surface area contributed by atoms with Gasteiger partial charge in [-0.1, -0.05) is 54.9 Å². The maximum atomic E-state index is 12.1. The van der Waals surface area contributed by atoms with Gasteiger partial charge >= 0.3 is 0 Å². The number of carbonyl (C=O) groups is 1. The zero-order chi connectivity index (χ0) is 17.5. The Kier molecular flexibility index (Phi) is 6.83. The predicted octanol–water partition coefficient (Wildman–Crippen LogP) is 4.43. The van der Waals surface area contributed by atoms with Crippen LogP contribution in [0.5, 0.6) is 0 Å². The molecule has 3 nitrogen and oxygen atoms in total. The van der Waals surface area contributed by atoms with Crippen LogP contribution in [0, 0.1) is 0 Å². The summed E-state index contributed by atoms with van der Waals surface area (Å²) in [5, 5.41) is 6.98. The molecule has 2 atom stereocenters. The van der Waals surface area contributed by atoms with Crippen LogP contribution in [-0.2, 0) is 11.2 Å². The van der Waals surface area contributed by atoms with Gasteiger partial charge in [-0.3, -0.25) is 4.79 Å². The Balaban J connectivity index is 1.82. The average Bonchev–Trinajstić information content (AvgIpc) is 2.60. The van der Waals surface area contributed by atoms with Crippen LogP contribution < -0.4 is 10.6 Å². The van der Waals surface area contributed by atoms with Crippen molar-refractivity contribution >= 4 is 17.5 Å². The van der Waals surface area contributed by atoms with Crippen LogP contribution >= 0.6 is 11.6 Å². The zero-order valence-electron chi connectivity index (χ0n) is 14.5. The van der Waals surface area contributed by atoms with Gasteiger partial charge in [-0.25, -0.2) is 0 Å². The van der Waals surface area contributed by atoms with Gasteiger partial charge in [-0.15, -0.1) is 0 Å². The number of aryl methyl sites for hydroxylation is 1. The third-order valence-corrected chi connectivity index (χ3v) is 4.46. The first kappa shape index (κ1) is 18.5. The van der Waals surface area contributed by atoms with Crippen molar-refractivity contribution in [1.29, 1.82) is 0 Å². The fourth-order valence-corrected chi connectivity index (χ4v) is 2.66. The summed E-state index contributed by atoms with van der Waals surface area (Å²) >= 11 is 5.89. The summed E-state index contributed by atoms with van der Waals surface area (Å²) in [6.45, 7) is 6.44. The van der Waals surface area contributed by atoms with E-state index in [-0.39, 0.29) is 24.5 Å². The van der Waals surface area contributed by atoms with Gasteiger partial charge in [0.1, 0.15) is 0 Å². The number of benzene rings is 2. The Labute approximate surface area is 149 Å². The van der Waals surface area contributed by atoms with E-state index in [0.29, 0.717) is 5.02 Å². The van der Waals surface area contributed by atoms with Crippen LogP contribution in [0.3, 0.4) is 0 Å². The second-order valence-corrected chi connectivity index (χ2v) is 6.47. The van der Waals surface area contributed by atoms with E-state index in [2.05, 4.69) is 41.8 Å². The van der Waals surface area contributed by atoms with E-state index in [1.807, 2.05) is 38.1 Å². The summed E-state index contributed by atoms with van der Waals surface area (Å²) in [5.74, 6) is -0.0112. The topological polar surface area (TPSA) is 41.1 Å². The standard InChI is InChI=1S/C20H25ClN2O/c1-4-16-5-7-18(8-6-16)15(3)23-20(24)13-22-14(2)17-9-11-19(21)12-10-17/h5-12,14-15,22H,4,13H2,1-3H3,(H,23,24)/t14-,15+/m0/s1. The Morgan fingerprint density at radius 2 is 1.50 bits per heavy atom. The lowest BCUT2D eigenvalue weighted by Gasteiger charge is -2.17. The van der Waals surface area contributed by atoms with Crippen LogP contribution in [0.4, 0.5) is 0 Å². The summed E-state index contributed by atoms with van der Waals surface area (Å²) in [6.07, 6.45) is 1.02. The minimum atomic E-state index is -0.0112. The maximum Gasteiger partial charge on any atom is 0.234 e. The largest absolute Gasteiger partial charge is 0.348 e. The van der Waals surface area contributed by atoms with Gasteiger partial charge in [0.05, 0.1) is 12.6 Å². The molecular formula is C20H25ClN2O. The molecule has 0 saturated carbocycles. The summed E-state index contributed by atoms with van der Waals surface area (Å²) in [6, 6.07) is 16.1. The molecule has 0 aliphatic rings. The van der Waals surface area contributed by atoms with Gasteiger partial charge in [-0.2, -0.15) is 0 Å². The van der Waals surface area contributed by atoms with Crippen molar-refractivity contribution in [3.63, 3.8) is 0 Å². The number of carbonyl (C=O) groups excluding carboxylic acids is 1. The minimum Gasteiger partial charge on any atom is -0.348 e. The van der Waals surface area contributed by atoms with Crippen molar-refractivity contribution in [1.82, 2.24) is 10.6 Å². The lowest BCUT2D eigenvalue weighted by molar-refractivity contribution is -0.121. The normalized spacial score (nSPS) is 13.3. The van der Waals surface area contributed by atoms with Gasteiger partial charge in [0.15, 0.2) is 0 Å². The molecule has 0 aliphatic heterocycles. The Bertz CT molecular complexity index is 652. The summed E-state index contributed by atoms with van der Waals surface area (Å²) in [7, 11) is 0. The number of amides is 1. The molecule has 0 unspecified atom stereocenters. The third kappa shape index (κ3) is 5.36. The van der Waals surface area contributed by atoms with Crippen molar-refractivity contribution < 1.29 is 4.79 Å². The van der Waals surface area contributed by atoms with Crippen molar-refractivity contribution in [2.24, 2.45) is 0 Å². The van der Waals surface area contributed by atoms with E-state index < -0.39 is 0 Å². The van der Waals surface area contributed by atoms with E-state index in [9.17, 15) is 4.79 Å². The Morgan fingerprint density at radius 3 is 2.08 bits per heavy atom. The number of halogens is 1. The van der Waals surface area contributed by atoms with E-state index in [1.54, 1.807) is 0 Å². The van der Waals surface area contributed by atoms with Gasteiger partial charge in [0, 0.05) is 11.1 Å². The highest BCUT2D eigenvalue weighted by molar-refractivity contribution is 6.30. The molecule has 0 fully saturated rings. The number of hydrogen-bond donors (Lipinski definition) is 2. The number of hydrogen-bond acceptors (Lipinski definition) is 2. The predicted molar refractivity (Wildman–Crippen MR) is 100 cm³/mol. The molecule has 2 rings (SSSR count). The minimum absolute atomic E-state index is 0.00366. The average molecular weight is 345 g/mol. The second-order valence-electron chi connectivity index (χ2n) is 6.04. The highest BCUT2D eigenvalue weighted by atomic mass is 35.5. The first-order valence-electron chi connectivity index (χ1n) is 8.36. The Morgan fingerprint density at radius 1 is 0.958 bits per heavy atom. The SMILES string of the molecule is CCc1ccc([C@@H](C)NC(=O)CN[C@@H](C)c2ccc(Cl)cc2)cc1. The molecular weight excluding hydrogens is 320 g/mol. The van der Waals surface area contributed by atoms with Gasteiger partial charge < -0.3 is 10.6 Å². The van der Waals surface area contributed by atoms with E-state index in [1.165, 1.54) is 5.56 Å². The first-order valence-corrected chi connectivity index (χ1v) is 8.74. The van der Waals surface area contributed by atoms with Crippen LogP contribution in [-0.4, -0.2) is 12.5 Å². The monoisotopic (exact) mass is 344 g/mol.